The summed E-state index contributed by atoms with van der Waals surface area (Å²) in [6, 6.07) is -0.991. The minimum Gasteiger partial charge on any atom is -0.480 e. The number of nitrogens with one attached hydrogen (secondary N) is 1. The first-order valence-electron chi connectivity index (χ1n) is 4.66. The molecule has 0 aliphatic carbocycles. The first kappa shape index (κ1) is 12.8. The summed E-state index contributed by atoms with van der Waals surface area (Å²) in [4.78, 5) is 21.6. The maximum absolute atomic E-state index is 11.4. The van der Waals surface area contributed by atoms with Crippen LogP contribution in [0.4, 0.5) is 0 Å². The zero-order valence-corrected chi connectivity index (χ0v) is 8.37. The Labute approximate surface area is 91.0 Å². The van der Waals surface area contributed by atoms with Crippen molar-refractivity contribution >= 4 is 11.9 Å². The molecule has 1 fully saturated rings. The van der Waals surface area contributed by atoms with Gasteiger partial charge in [0.05, 0.1) is 18.8 Å². The summed E-state index contributed by atoms with van der Waals surface area (Å²) in [7, 11) is 0. The van der Waals surface area contributed by atoms with Crippen molar-refractivity contribution in [2.45, 2.75) is 24.4 Å². The van der Waals surface area contributed by atoms with Crippen LogP contribution >= 0.6 is 0 Å². The van der Waals surface area contributed by atoms with Gasteiger partial charge in [-0.25, -0.2) is 0 Å². The Balaban J connectivity index is 2.53. The second kappa shape index (κ2) is 5.21. The summed E-state index contributed by atoms with van der Waals surface area (Å²) in [6.07, 6.45) is -3.66. The molecule has 0 saturated carbocycles. The number of aliphatic hydroxyl groups excluding tert-OH is 2. The molecule has 0 aromatic rings. The normalized spacial score (nSPS) is 34.4. The molecular weight excluding hydrogens is 220 g/mol. The molecule has 92 valence electrons. The Kier molecular flexibility index (Phi) is 4.19. The number of aliphatic carboxylic acids is 1. The number of hydrogen-bond acceptors (Lipinski definition) is 6. The topological polar surface area (TPSA) is 142 Å². The van der Waals surface area contributed by atoms with Crippen LogP contribution in [0.15, 0.2) is 0 Å². The smallest absolute Gasteiger partial charge is 0.322 e. The fourth-order valence-electron chi connectivity index (χ4n) is 1.34. The number of ether oxygens (including phenoxy) is 1. The summed E-state index contributed by atoms with van der Waals surface area (Å²) in [5, 5.41) is 29.2. The molecule has 0 radical (unpaired) electrons. The van der Waals surface area contributed by atoms with Gasteiger partial charge in [0, 0.05) is 0 Å². The van der Waals surface area contributed by atoms with Crippen LogP contribution in [0, 0.1) is 0 Å². The Hall–Kier alpha value is -1.22. The number of carboxylic acid groups (broad SMARTS) is 1. The molecule has 1 heterocycles. The molecule has 1 rings (SSSR count). The second-order valence-corrected chi connectivity index (χ2v) is 3.50. The van der Waals surface area contributed by atoms with Gasteiger partial charge in [-0.1, -0.05) is 0 Å². The Morgan fingerprint density at radius 3 is 2.62 bits per heavy atom. The molecular formula is C8H14N2O6. The van der Waals surface area contributed by atoms with E-state index in [0.29, 0.717) is 0 Å². The van der Waals surface area contributed by atoms with Gasteiger partial charge >= 0.3 is 5.97 Å². The number of carbonyl (C=O) groups excluding carboxylic acids is 1. The van der Waals surface area contributed by atoms with Gasteiger partial charge in [-0.15, -0.1) is 0 Å². The molecule has 0 spiro atoms. The Morgan fingerprint density at radius 2 is 2.06 bits per heavy atom. The summed E-state index contributed by atoms with van der Waals surface area (Å²) in [5.41, 5.74) is 5.43. The molecule has 1 aliphatic rings. The monoisotopic (exact) mass is 234 g/mol. The number of amides is 1. The number of carboxylic acids is 1. The lowest BCUT2D eigenvalue weighted by Crippen LogP contribution is -2.61. The van der Waals surface area contributed by atoms with Crippen LogP contribution in [-0.2, 0) is 14.3 Å². The van der Waals surface area contributed by atoms with E-state index in [1.807, 2.05) is 0 Å². The molecule has 0 bridgehead atoms. The summed E-state index contributed by atoms with van der Waals surface area (Å²) >= 11 is 0. The van der Waals surface area contributed by atoms with Crippen molar-refractivity contribution in [1.82, 2.24) is 5.32 Å². The number of aliphatic hydroxyl groups is 2. The highest BCUT2D eigenvalue weighted by atomic mass is 16.5. The van der Waals surface area contributed by atoms with Crippen molar-refractivity contribution in [3.63, 3.8) is 0 Å². The molecule has 0 aromatic heterocycles. The fourth-order valence-corrected chi connectivity index (χ4v) is 1.34. The highest BCUT2D eigenvalue weighted by molar-refractivity contribution is 5.85. The van der Waals surface area contributed by atoms with Gasteiger partial charge in [0.1, 0.15) is 12.6 Å². The number of carbonyl (C=O) groups is 2. The average Bonchev–Trinajstić information content (AvgIpc) is 2.23. The highest BCUT2D eigenvalue weighted by Crippen LogP contribution is 2.13. The maximum Gasteiger partial charge on any atom is 0.322 e. The van der Waals surface area contributed by atoms with Gasteiger partial charge in [-0.3, -0.25) is 9.59 Å². The van der Waals surface area contributed by atoms with Crippen LogP contribution in [0.2, 0.25) is 0 Å². The SMILES string of the molecule is NC1C(O)COC(C(=O)NCC(=O)O)C1O. The Bertz CT molecular complexity index is 284. The third kappa shape index (κ3) is 2.89. The van der Waals surface area contributed by atoms with Crippen molar-refractivity contribution in [2.24, 2.45) is 5.73 Å². The van der Waals surface area contributed by atoms with Crippen molar-refractivity contribution in [1.29, 1.82) is 0 Å². The van der Waals surface area contributed by atoms with Crippen LogP contribution < -0.4 is 11.1 Å². The predicted octanol–water partition coefficient (Wildman–Crippen LogP) is -3.36. The molecule has 0 aromatic carbocycles. The van der Waals surface area contributed by atoms with Crippen molar-refractivity contribution in [3.05, 3.63) is 0 Å². The van der Waals surface area contributed by atoms with Gasteiger partial charge in [0.25, 0.3) is 5.91 Å². The van der Waals surface area contributed by atoms with Crippen molar-refractivity contribution in [3.8, 4) is 0 Å². The molecule has 8 heteroatoms. The van der Waals surface area contributed by atoms with E-state index in [1.54, 1.807) is 0 Å². The average molecular weight is 234 g/mol. The van der Waals surface area contributed by atoms with Crippen LogP contribution in [0.1, 0.15) is 0 Å². The van der Waals surface area contributed by atoms with E-state index in [2.05, 4.69) is 5.32 Å². The highest BCUT2D eigenvalue weighted by Gasteiger charge is 2.40. The van der Waals surface area contributed by atoms with E-state index in [9.17, 15) is 19.8 Å². The first-order valence-corrected chi connectivity index (χ1v) is 4.66. The molecule has 4 unspecified atom stereocenters. The second-order valence-electron chi connectivity index (χ2n) is 3.50. The third-order valence-corrected chi connectivity index (χ3v) is 2.27. The molecule has 16 heavy (non-hydrogen) atoms. The predicted molar refractivity (Wildman–Crippen MR) is 50.4 cm³/mol. The fraction of sp³-hybridized carbons (Fsp3) is 0.750. The zero-order valence-electron chi connectivity index (χ0n) is 8.37. The standard InChI is InChI=1S/C8H14N2O6/c9-5-3(11)2-16-7(6(5)14)8(15)10-1-4(12)13/h3,5-7,11,14H,1-2,9H2,(H,10,15)(H,12,13). The summed E-state index contributed by atoms with van der Waals surface area (Å²) in [6.45, 7) is -0.743. The van der Waals surface area contributed by atoms with E-state index < -0.39 is 42.8 Å². The minimum atomic E-state index is -1.36. The number of hydrogen-bond donors (Lipinski definition) is 5. The first-order chi connectivity index (χ1) is 7.43. The summed E-state index contributed by atoms with van der Waals surface area (Å²) in [5.74, 6) is -1.97. The molecule has 1 amide bonds. The molecule has 8 nitrogen and oxygen atoms in total. The molecule has 6 N–H and O–H groups in total. The lowest BCUT2D eigenvalue weighted by Gasteiger charge is -2.34. The van der Waals surface area contributed by atoms with Gasteiger partial charge < -0.3 is 31.1 Å². The van der Waals surface area contributed by atoms with Crippen LogP contribution in [0.3, 0.4) is 0 Å². The van der Waals surface area contributed by atoms with E-state index in [-0.39, 0.29) is 6.61 Å². The molecule has 4 atom stereocenters. The maximum atomic E-state index is 11.4. The van der Waals surface area contributed by atoms with Gasteiger partial charge in [0.2, 0.25) is 0 Å². The van der Waals surface area contributed by atoms with Crippen LogP contribution in [-0.4, -0.2) is 64.7 Å². The van der Waals surface area contributed by atoms with Gasteiger partial charge in [0.15, 0.2) is 6.10 Å². The van der Waals surface area contributed by atoms with Crippen molar-refractivity contribution in [2.75, 3.05) is 13.2 Å². The molecule has 1 saturated heterocycles. The van der Waals surface area contributed by atoms with E-state index in [1.165, 1.54) is 0 Å². The number of nitrogens with two attached hydrogens (primary N) is 1. The summed E-state index contributed by atoms with van der Waals surface area (Å²) < 4.78 is 4.88. The minimum absolute atomic E-state index is 0.177. The van der Waals surface area contributed by atoms with Crippen molar-refractivity contribution < 1.29 is 29.6 Å². The van der Waals surface area contributed by atoms with E-state index >= 15 is 0 Å². The molecule has 1 aliphatic heterocycles. The van der Waals surface area contributed by atoms with E-state index in [0.717, 1.165) is 0 Å². The van der Waals surface area contributed by atoms with E-state index in [4.69, 9.17) is 15.6 Å². The largest absolute Gasteiger partial charge is 0.480 e. The quantitative estimate of drug-likeness (QED) is 0.343. The van der Waals surface area contributed by atoms with Crippen LogP contribution in [0.5, 0.6) is 0 Å². The lowest BCUT2D eigenvalue weighted by atomic mass is 9.98. The zero-order chi connectivity index (χ0) is 12.3. The Morgan fingerprint density at radius 1 is 1.44 bits per heavy atom. The van der Waals surface area contributed by atoms with Gasteiger partial charge in [-0.2, -0.15) is 0 Å². The number of rotatable bonds is 3. The van der Waals surface area contributed by atoms with Crippen LogP contribution in [0.25, 0.3) is 0 Å². The van der Waals surface area contributed by atoms with Gasteiger partial charge in [-0.05, 0) is 0 Å². The lowest BCUT2D eigenvalue weighted by molar-refractivity contribution is -0.163. The third-order valence-electron chi connectivity index (χ3n) is 2.27.